The summed E-state index contributed by atoms with van der Waals surface area (Å²) in [5, 5.41) is 13.9. The molecule has 0 atom stereocenters. The molecule has 4 aromatic rings. The molecule has 0 aliphatic carbocycles. The first-order valence-corrected chi connectivity index (χ1v) is 11.6. The second kappa shape index (κ2) is 9.48. The van der Waals surface area contributed by atoms with Crippen molar-refractivity contribution in [2.75, 3.05) is 11.1 Å². The first-order chi connectivity index (χ1) is 14.9. The number of furan rings is 1. The first-order valence-electron chi connectivity index (χ1n) is 9.06. The zero-order valence-corrected chi connectivity index (χ0v) is 19.9. The smallest absolute Gasteiger partial charge is 0.234 e. The van der Waals surface area contributed by atoms with Gasteiger partial charge in [-0.15, -0.1) is 16.8 Å². The topological polar surface area (TPSA) is 73.0 Å². The van der Waals surface area contributed by atoms with Gasteiger partial charge in [0.15, 0.2) is 10.9 Å². The van der Waals surface area contributed by atoms with Gasteiger partial charge in [-0.25, -0.2) is 0 Å². The Morgan fingerprint density at radius 2 is 2.06 bits per heavy atom. The lowest BCUT2D eigenvalue weighted by atomic mass is 10.2. The highest BCUT2D eigenvalue weighted by atomic mass is 79.9. The summed E-state index contributed by atoms with van der Waals surface area (Å²) in [7, 11) is 0. The van der Waals surface area contributed by atoms with Gasteiger partial charge in [0.25, 0.3) is 0 Å². The van der Waals surface area contributed by atoms with Crippen LogP contribution in [0.4, 0.5) is 5.69 Å². The lowest BCUT2D eigenvalue weighted by Crippen LogP contribution is -2.14. The van der Waals surface area contributed by atoms with Crippen LogP contribution < -0.4 is 5.32 Å². The molecule has 0 spiro atoms. The molecular formula is C21H15BrCl2N4O2S. The van der Waals surface area contributed by atoms with Crippen LogP contribution >= 0.6 is 50.9 Å². The number of anilines is 1. The van der Waals surface area contributed by atoms with Gasteiger partial charge < -0.3 is 9.73 Å². The standard InChI is InChI=1S/C21H15BrCl2N4O2S/c1-2-7-28-20(18-9-12-8-13(23)3-6-17(12)30-18)26-27-21(28)31-11-19(29)25-14-4-5-15(22)16(24)10-14/h2-6,8-10H,1,7,11H2,(H,25,29). The van der Waals surface area contributed by atoms with Crippen LogP contribution in [0.1, 0.15) is 0 Å². The lowest BCUT2D eigenvalue weighted by Gasteiger charge is -2.08. The maximum Gasteiger partial charge on any atom is 0.234 e. The predicted octanol–water partition coefficient (Wildman–Crippen LogP) is 6.68. The number of hydrogen-bond acceptors (Lipinski definition) is 5. The summed E-state index contributed by atoms with van der Waals surface area (Å²) in [4.78, 5) is 12.4. The molecule has 0 bridgehead atoms. The Balaban J connectivity index is 1.52. The number of benzene rings is 2. The molecule has 10 heteroatoms. The fourth-order valence-corrected chi connectivity index (χ4v) is 4.25. The SMILES string of the molecule is C=CCn1c(SCC(=O)Nc2ccc(Br)c(Cl)c2)nnc1-c1cc2cc(Cl)ccc2o1. The summed E-state index contributed by atoms with van der Waals surface area (Å²) in [5.74, 6) is 1.08. The highest BCUT2D eigenvalue weighted by molar-refractivity contribution is 9.10. The molecule has 4 rings (SSSR count). The van der Waals surface area contributed by atoms with Crippen LogP contribution in [-0.2, 0) is 11.3 Å². The van der Waals surface area contributed by atoms with E-state index in [2.05, 4.69) is 38.0 Å². The monoisotopic (exact) mass is 536 g/mol. The summed E-state index contributed by atoms with van der Waals surface area (Å²) < 4.78 is 8.53. The minimum Gasteiger partial charge on any atom is -0.453 e. The summed E-state index contributed by atoms with van der Waals surface area (Å²) in [6.45, 7) is 4.27. The van der Waals surface area contributed by atoms with Crippen molar-refractivity contribution in [3.05, 3.63) is 69.6 Å². The fourth-order valence-electron chi connectivity index (χ4n) is 2.90. The van der Waals surface area contributed by atoms with Crippen molar-refractivity contribution in [2.24, 2.45) is 0 Å². The van der Waals surface area contributed by atoms with E-state index in [-0.39, 0.29) is 11.7 Å². The van der Waals surface area contributed by atoms with E-state index in [1.54, 1.807) is 30.3 Å². The number of rotatable bonds is 7. The third-order valence-corrected chi connectivity index (χ3v) is 6.70. The van der Waals surface area contributed by atoms with E-state index in [1.807, 2.05) is 22.8 Å². The Labute approximate surface area is 200 Å². The lowest BCUT2D eigenvalue weighted by molar-refractivity contribution is -0.113. The highest BCUT2D eigenvalue weighted by Crippen LogP contribution is 2.31. The molecule has 0 saturated carbocycles. The molecule has 2 heterocycles. The molecule has 0 saturated heterocycles. The fraction of sp³-hybridized carbons (Fsp3) is 0.0952. The molecule has 0 radical (unpaired) electrons. The van der Waals surface area contributed by atoms with E-state index in [9.17, 15) is 4.79 Å². The van der Waals surface area contributed by atoms with Crippen molar-refractivity contribution < 1.29 is 9.21 Å². The number of thioether (sulfide) groups is 1. The normalized spacial score (nSPS) is 11.1. The average molecular weight is 538 g/mol. The van der Waals surface area contributed by atoms with Crippen molar-refractivity contribution in [1.29, 1.82) is 0 Å². The van der Waals surface area contributed by atoms with Gasteiger partial charge in [0.2, 0.25) is 11.7 Å². The Bertz CT molecular complexity index is 1290. The van der Waals surface area contributed by atoms with Gasteiger partial charge in [-0.3, -0.25) is 9.36 Å². The van der Waals surface area contributed by atoms with Gasteiger partial charge in [0.05, 0.1) is 10.8 Å². The molecule has 2 aromatic heterocycles. The number of nitrogens with zero attached hydrogens (tertiary/aromatic N) is 3. The van der Waals surface area contributed by atoms with Crippen molar-refractivity contribution in [1.82, 2.24) is 14.8 Å². The number of carbonyl (C=O) groups excluding carboxylic acids is 1. The predicted molar refractivity (Wildman–Crippen MR) is 129 cm³/mol. The molecule has 0 fully saturated rings. The Kier molecular flexibility index (Phi) is 6.71. The molecule has 1 amide bonds. The van der Waals surface area contributed by atoms with Crippen molar-refractivity contribution in [3.63, 3.8) is 0 Å². The van der Waals surface area contributed by atoms with Crippen molar-refractivity contribution in [3.8, 4) is 11.6 Å². The van der Waals surface area contributed by atoms with Crippen LogP contribution in [0.2, 0.25) is 10.0 Å². The van der Waals surface area contributed by atoms with Gasteiger partial charge in [-0.1, -0.05) is 41.0 Å². The summed E-state index contributed by atoms with van der Waals surface area (Å²) >= 11 is 16.7. The van der Waals surface area contributed by atoms with Gasteiger partial charge in [0, 0.05) is 27.1 Å². The number of halogens is 3. The molecule has 6 nitrogen and oxygen atoms in total. The van der Waals surface area contributed by atoms with Crippen LogP contribution in [-0.4, -0.2) is 26.4 Å². The molecule has 1 N–H and O–H groups in total. The Morgan fingerprint density at radius 1 is 1.23 bits per heavy atom. The van der Waals surface area contributed by atoms with E-state index >= 15 is 0 Å². The molecule has 2 aromatic carbocycles. The van der Waals surface area contributed by atoms with Crippen molar-refractivity contribution in [2.45, 2.75) is 11.7 Å². The third-order valence-electron chi connectivity index (χ3n) is 4.26. The second-order valence-corrected chi connectivity index (χ2v) is 9.10. The first kappa shape index (κ1) is 22.0. The molecule has 158 valence electrons. The molecular weight excluding hydrogens is 523 g/mol. The Morgan fingerprint density at radius 3 is 2.84 bits per heavy atom. The van der Waals surface area contributed by atoms with E-state index in [4.69, 9.17) is 27.6 Å². The number of carbonyl (C=O) groups is 1. The van der Waals surface area contributed by atoms with Crippen LogP contribution in [0.5, 0.6) is 0 Å². The van der Waals surface area contributed by atoms with Gasteiger partial charge in [0.1, 0.15) is 5.58 Å². The number of allylic oxidation sites excluding steroid dienone is 1. The Hall–Kier alpha value is -2.26. The molecule has 0 aliphatic rings. The summed E-state index contributed by atoms with van der Waals surface area (Å²) in [6, 6.07) is 12.5. The minimum absolute atomic E-state index is 0.151. The van der Waals surface area contributed by atoms with Gasteiger partial charge >= 0.3 is 0 Å². The van der Waals surface area contributed by atoms with Gasteiger partial charge in [-0.05, 0) is 58.4 Å². The van der Waals surface area contributed by atoms with E-state index in [0.717, 1.165) is 9.86 Å². The maximum atomic E-state index is 12.4. The number of fused-ring (bicyclic) bond motifs is 1. The highest BCUT2D eigenvalue weighted by Gasteiger charge is 2.18. The number of nitrogens with one attached hydrogen (secondary N) is 1. The largest absolute Gasteiger partial charge is 0.453 e. The third kappa shape index (κ3) is 4.98. The summed E-state index contributed by atoms with van der Waals surface area (Å²) in [5.41, 5.74) is 1.32. The second-order valence-electron chi connectivity index (χ2n) is 6.46. The quantitative estimate of drug-likeness (QED) is 0.210. The molecule has 31 heavy (non-hydrogen) atoms. The minimum atomic E-state index is -0.184. The van der Waals surface area contributed by atoms with Crippen LogP contribution in [0, 0.1) is 0 Å². The zero-order chi connectivity index (χ0) is 22.0. The van der Waals surface area contributed by atoms with Crippen LogP contribution in [0.15, 0.2) is 69.2 Å². The number of aromatic nitrogens is 3. The maximum absolute atomic E-state index is 12.4. The molecule has 0 aliphatic heterocycles. The number of amides is 1. The summed E-state index contributed by atoms with van der Waals surface area (Å²) in [6.07, 6.45) is 1.74. The van der Waals surface area contributed by atoms with Gasteiger partial charge in [-0.2, -0.15) is 0 Å². The van der Waals surface area contributed by atoms with E-state index in [0.29, 0.717) is 44.6 Å². The van der Waals surface area contributed by atoms with E-state index < -0.39 is 0 Å². The van der Waals surface area contributed by atoms with E-state index in [1.165, 1.54) is 11.8 Å². The van der Waals surface area contributed by atoms with Crippen molar-refractivity contribution >= 4 is 73.5 Å². The average Bonchev–Trinajstić information content (AvgIpc) is 3.33. The zero-order valence-electron chi connectivity index (χ0n) is 15.9. The molecule has 0 unspecified atom stereocenters. The van der Waals surface area contributed by atoms with Crippen LogP contribution in [0.3, 0.4) is 0 Å². The van der Waals surface area contributed by atoms with Crippen LogP contribution in [0.25, 0.3) is 22.6 Å². The number of hydrogen-bond donors (Lipinski definition) is 1.